The van der Waals surface area contributed by atoms with E-state index in [1.165, 1.54) is 12.3 Å². The maximum Gasteiger partial charge on any atom is 0.271 e. The Kier molecular flexibility index (Phi) is 5.41. The molecule has 0 aliphatic carbocycles. The minimum Gasteiger partial charge on any atom is -0.344 e. The summed E-state index contributed by atoms with van der Waals surface area (Å²) in [7, 11) is -3.83. The SMILES string of the molecule is CC(NC(=O)c1csc(Cl)n1)c1cc(F)c(NS(C)(=O)=O)c(F)c1. The second-order valence-electron chi connectivity index (χ2n) is 4.91. The maximum absolute atomic E-state index is 14.0. The van der Waals surface area contributed by atoms with Crippen LogP contribution in [0.25, 0.3) is 0 Å². The molecule has 130 valence electrons. The summed E-state index contributed by atoms with van der Waals surface area (Å²) in [6.45, 7) is 1.52. The number of rotatable bonds is 5. The molecule has 1 unspecified atom stereocenters. The van der Waals surface area contributed by atoms with Crippen molar-refractivity contribution in [1.82, 2.24) is 10.3 Å². The fourth-order valence-electron chi connectivity index (χ4n) is 1.84. The molecule has 2 N–H and O–H groups in total. The lowest BCUT2D eigenvalue weighted by Gasteiger charge is -2.15. The Morgan fingerprint density at radius 3 is 2.38 bits per heavy atom. The Labute approximate surface area is 145 Å². The highest BCUT2D eigenvalue weighted by Gasteiger charge is 2.19. The van der Waals surface area contributed by atoms with Crippen LogP contribution in [0.3, 0.4) is 0 Å². The van der Waals surface area contributed by atoms with E-state index in [4.69, 9.17) is 11.6 Å². The van der Waals surface area contributed by atoms with Crippen molar-refractivity contribution in [3.05, 3.63) is 44.9 Å². The number of sulfonamides is 1. The van der Waals surface area contributed by atoms with Crippen molar-refractivity contribution in [3.63, 3.8) is 0 Å². The minimum atomic E-state index is -3.83. The van der Waals surface area contributed by atoms with E-state index in [1.54, 1.807) is 4.72 Å². The Hall–Kier alpha value is -1.78. The van der Waals surface area contributed by atoms with E-state index in [9.17, 15) is 22.0 Å². The molecule has 1 aromatic carbocycles. The van der Waals surface area contributed by atoms with Gasteiger partial charge in [-0.25, -0.2) is 22.2 Å². The molecule has 0 fully saturated rings. The molecule has 11 heteroatoms. The van der Waals surface area contributed by atoms with Crippen LogP contribution >= 0.6 is 22.9 Å². The molecule has 0 aliphatic heterocycles. The molecule has 0 spiro atoms. The average molecular weight is 396 g/mol. The number of carbonyl (C=O) groups is 1. The number of anilines is 1. The third-order valence-electron chi connectivity index (χ3n) is 2.91. The summed E-state index contributed by atoms with van der Waals surface area (Å²) < 4.78 is 52.1. The molecule has 0 aliphatic rings. The van der Waals surface area contributed by atoms with Crippen molar-refractivity contribution in [1.29, 1.82) is 0 Å². The zero-order valence-corrected chi connectivity index (χ0v) is 14.8. The molecule has 0 saturated carbocycles. The molecule has 6 nitrogen and oxygen atoms in total. The molecule has 2 aromatic rings. The van der Waals surface area contributed by atoms with E-state index in [1.807, 2.05) is 0 Å². The molecular formula is C13H12ClF2N3O3S2. The minimum absolute atomic E-state index is 0.0909. The number of nitrogens with zero attached hydrogens (tertiary/aromatic N) is 1. The number of aromatic nitrogens is 1. The normalized spacial score (nSPS) is 12.7. The summed E-state index contributed by atoms with van der Waals surface area (Å²) in [5.41, 5.74) is -0.557. The first kappa shape index (κ1) is 18.6. The fraction of sp³-hybridized carbons (Fsp3) is 0.231. The zero-order chi connectivity index (χ0) is 18.1. The van der Waals surface area contributed by atoms with Crippen LogP contribution in [0.2, 0.25) is 4.47 Å². The highest BCUT2D eigenvalue weighted by atomic mass is 35.5. The van der Waals surface area contributed by atoms with Gasteiger partial charge in [-0.2, -0.15) is 0 Å². The van der Waals surface area contributed by atoms with Gasteiger partial charge in [0.15, 0.2) is 16.1 Å². The van der Waals surface area contributed by atoms with Crippen molar-refractivity contribution in [3.8, 4) is 0 Å². The standard InChI is InChI=1S/C13H12ClF2N3O3S2/c1-6(17-12(20)10-5-23-13(14)18-10)7-3-8(15)11(9(16)4-7)19-24(2,21)22/h3-6,19H,1-2H3,(H,17,20). The van der Waals surface area contributed by atoms with Crippen LogP contribution in [0.15, 0.2) is 17.5 Å². The molecule has 1 heterocycles. The van der Waals surface area contributed by atoms with E-state index < -0.39 is 39.3 Å². The third-order valence-corrected chi connectivity index (χ3v) is 4.46. The first-order chi connectivity index (χ1) is 11.1. The van der Waals surface area contributed by atoms with Crippen molar-refractivity contribution >= 4 is 44.6 Å². The number of hydrogen-bond acceptors (Lipinski definition) is 5. The highest BCUT2D eigenvalue weighted by molar-refractivity contribution is 7.92. The highest BCUT2D eigenvalue weighted by Crippen LogP contribution is 2.25. The van der Waals surface area contributed by atoms with Gasteiger partial charge in [0.1, 0.15) is 11.4 Å². The van der Waals surface area contributed by atoms with E-state index in [2.05, 4.69) is 10.3 Å². The monoisotopic (exact) mass is 395 g/mol. The lowest BCUT2D eigenvalue weighted by molar-refractivity contribution is 0.0935. The van der Waals surface area contributed by atoms with Crippen LogP contribution in [0.1, 0.15) is 29.0 Å². The van der Waals surface area contributed by atoms with Crippen LogP contribution in [0.4, 0.5) is 14.5 Å². The number of thiazole rings is 1. The molecule has 24 heavy (non-hydrogen) atoms. The quantitative estimate of drug-likeness (QED) is 0.814. The molecule has 1 aromatic heterocycles. The number of benzene rings is 1. The Morgan fingerprint density at radius 2 is 1.92 bits per heavy atom. The summed E-state index contributed by atoms with van der Waals surface area (Å²) in [5, 5.41) is 3.97. The Morgan fingerprint density at radius 1 is 1.33 bits per heavy atom. The smallest absolute Gasteiger partial charge is 0.271 e. The van der Waals surface area contributed by atoms with Gasteiger partial charge in [0.25, 0.3) is 5.91 Å². The van der Waals surface area contributed by atoms with Gasteiger partial charge in [0, 0.05) is 5.38 Å². The molecular weight excluding hydrogens is 384 g/mol. The largest absolute Gasteiger partial charge is 0.344 e. The summed E-state index contributed by atoms with van der Waals surface area (Å²) >= 11 is 6.72. The second kappa shape index (κ2) is 6.99. The first-order valence-corrected chi connectivity index (χ1v) is 9.60. The van der Waals surface area contributed by atoms with Crippen LogP contribution in [-0.2, 0) is 10.0 Å². The summed E-state index contributed by atoms with van der Waals surface area (Å²) in [5.74, 6) is -2.73. The van der Waals surface area contributed by atoms with Gasteiger partial charge < -0.3 is 5.32 Å². The zero-order valence-electron chi connectivity index (χ0n) is 12.4. The van der Waals surface area contributed by atoms with Gasteiger partial charge in [-0.3, -0.25) is 9.52 Å². The molecule has 0 bridgehead atoms. The van der Waals surface area contributed by atoms with Crippen LogP contribution in [0, 0.1) is 11.6 Å². The summed E-state index contributed by atoms with van der Waals surface area (Å²) in [6.07, 6.45) is 0.779. The molecule has 1 atom stereocenters. The third kappa shape index (κ3) is 4.62. The van der Waals surface area contributed by atoms with Crippen molar-refractivity contribution in [2.75, 3.05) is 11.0 Å². The van der Waals surface area contributed by atoms with E-state index in [0.717, 1.165) is 29.7 Å². The molecule has 0 saturated heterocycles. The van der Waals surface area contributed by atoms with Crippen molar-refractivity contribution in [2.24, 2.45) is 0 Å². The van der Waals surface area contributed by atoms with E-state index in [0.29, 0.717) is 0 Å². The lowest BCUT2D eigenvalue weighted by atomic mass is 10.1. The van der Waals surface area contributed by atoms with Crippen LogP contribution < -0.4 is 10.0 Å². The molecule has 1 amide bonds. The van der Waals surface area contributed by atoms with Gasteiger partial charge >= 0.3 is 0 Å². The van der Waals surface area contributed by atoms with Crippen LogP contribution in [0.5, 0.6) is 0 Å². The lowest BCUT2D eigenvalue weighted by Crippen LogP contribution is -2.27. The predicted octanol–water partition coefficient (Wildman–Crippen LogP) is 2.94. The molecule has 2 rings (SSSR count). The van der Waals surface area contributed by atoms with Crippen LogP contribution in [-0.4, -0.2) is 25.6 Å². The Bertz CT molecular complexity index is 863. The average Bonchev–Trinajstić information content (AvgIpc) is 2.88. The topological polar surface area (TPSA) is 88.2 Å². The van der Waals surface area contributed by atoms with E-state index in [-0.39, 0.29) is 15.7 Å². The Balaban J connectivity index is 2.21. The van der Waals surface area contributed by atoms with Gasteiger partial charge in [-0.05, 0) is 24.6 Å². The van der Waals surface area contributed by atoms with Gasteiger partial charge in [0.05, 0.1) is 12.3 Å². The number of halogens is 3. The first-order valence-electron chi connectivity index (χ1n) is 6.45. The predicted molar refractivity (Wildman–Crippen MR) is 87.8 cm³/mol. The number of carbonyl (C=O) groups excluding carboxylic acids is 1. The van der Waals surface area contributed by atoms with Crippen molar-refractivity contribution < 1.29 is 22.0 Å². The van der Waals surface area contributed by atoms with Gasteiger partial charge in [0.2, 0.25) is 10.0 Å². The van der Waals surface area contributed by atoms with E-state index >= 15 is 0 Å². The number of amides is 1. The summed E-state index contributed by atoms with van der Waals surface area (Å²) in [4.78, 5) is 15.8. The fourth-order valence-corrected chi connectivity index (χ4v) is 3.15. The van der Waals surface area contributed by atoms with Gasteiger partial charge in [-0.15, -0.1) is 11.3 Å². The molecule has 0 radical (unpaired) electrons. The van der Waals surface area contributed by atoms with Gasteiger partial charge in [-0.1, -0.05) is 11.6 Å². The number of nitrogens with one attached hydrogen (secondary N) is 2. The summed E-state index contributed by atoms with van der Waals surface area (Å²) in [6, 6.07) is 1.14. The van der Waals surface area contributed by atoms with Crippen molar-refractivity contribution in [2.45, 2.75) is 13.0 Å². The maximum atomic E-state index is 14.0. The second-order valence-corrected chi connectivity index (χ2v) is 8.10. The number of hydrogen-bond donors (Lipinski definition) is 2.